The summed E-state index contributed by atoms with van der Waals surface area (Å²) < 4.78 is 34.1. The van der Waals surface area contributed by atoms with E-state index in [0.717, 1.165) is 31.1 Å². The lowest BCUT2D eigenvalue weighted by molar-refractivity contribution is 0.0305. The highest BCUT2D eigenvalue weighted by molar-refractivity contribution is 7.14. The highest BCUT2D eigenvalue weighted by atomic mass is 32.1. The van der Waals surface area contributed by atoms with Crippen LogP contribution in [-0.4, -0.2) is 30.3 Å². The molecule has 2 aliphatic heterocycles. The van der Waals surface area contributed by atoms with Crippen LogP contribution in [0.3, 0.4) is 0 Å². The summed E-state index contributed by atoms with van der Waals surface area (Å²) in [5, 5.41) is 2.87. The maximum Gasteiger partial charge on any atom is 0.186 e. The summed E-state index contributed by atoms with van der Waals surface area (Å²) >= 11 is 1.56. The Bertz CT molecular complexity index is 787. The number of morpholine rings is 1. The Balaban J connectivity index is 1.70. The van der Waals surface area contributed by atoms with Crippen molar-refractivity contribution < 1.29 is 13.5 Å². The highest BCUT2D eigenvalue weighted by Gasteiger charge is 2.35. The van der Waals surface area contributed by atoms with Gasteiger partial charge in [-0.3, -0.25) is 0 Å². The van der Waals surface area contributed by atoms with Gasteiger partial charge in [0, 0.05) is 29.6 Å². The van der Waals surface area contributed by atoms with E-state index < -0.39 is 17.0 Å². The van der Waals surface area contributed by atoms with Gasteiger partial charge in [0.05, 0.1) is 17.9 Å². The van der Waals surface area contributed by atoms with Gasteiger partial charge in [-0.05, 0) is 30.4 Å². The molecule has 2 aliphatic rings. The molecule has 0 saturated carbocycles. The van der Waals surface area contributed by atoms with Gasteiger partial charge >= 0.3 is 0 Å². The van der Waals surface area contributed by atoms with Gasteiger partial charge in [-0.15, -0.1) is 11.3 Å². The number of hydrogen-bond acceptors (Lipinski definition) is 4. The Kier molecular flexibility index (Phi) is 4.07. The normalized spacial score (nSPS) is 23.3. The average Bonchev–Trinajstić information content (AvgIpc) is 3.15. The zero-order chi connectivity index (χ0) is 17.8. The van der Waals surface area contributed by atoms with Crippen LogP contribution in [0.5, 0.6) is 0 Å². The van der Waals surface area contributed by atoms with Crippen molar-refractivity contribution in [2.24, 2.45) is 0 Å². The number of thiazole rings is 1. The summed E-state index contributed by atoms with van der Waals surface area (Å²) in [6, 6.07) is 2.83. The number of hydrogen-bond donors (Lipinski definition) is 0. The van der Waals surface area contributed by atoms with Crippen molar-refractivity contribution in [3.63, 3.8) is 0 Å². The molecule has 0 N–H and O–H groups in total. The molecule has 6 heteroatoms. The SMILES string of the molecule is CC(C)(C)c1c(-c2csc(N3C[C@H]4CC[C@@H](C3)O4)n2)ccc(F)c1F. The number of benzene rings is 1. The molecule has 4 rings (SSSR count). The minimum atomic E-state index is -0.811. The molecule has 0 spiro atoms. The molecule has 2 bridgehead atoms. The second-order valence-electron chi connectivity index (χ2n) is 7.91. The van der Waals surface area contributed by atoms with E-state index in [1.807, 2.05) is 26.2 Å². The van der Waals surface area contributed by atoms with Crippen molar-refractivity contribution in [1.82, 2.24) is 4.98 Å². The third-order valence-corrected chi connectivity index (χ3v) is 5.83. The van der Waals surface area contributed by atoms with E-state index in [1.165, 1.54) is 6.07 Å². The van der Waals surface area contributed by atoms with Gasteiger partial charge in [0.25, 0.3) is 0 Å². The zero-order valence-electron chi connectivity index (χ0n) is 14.7. The van der Waals surface area contributed by atoms with Crippen LogP contribution in [0.15, 0.2) is 17.5 Å². The predicted molar refractivity (Wildman–Crippen MR) is 96.3 cm³/mol. The largest absolute Gasteiger partial charge is 0.371 e. The fourth-order valence-electron chi connectivity index (χ4n) is 3.80. The van der Waals surface area contributed by atoms with Gasteiger partial charge in [0.1, 0.15) is 0 Å². The van der Waals surface area contributed by atoms with Crippen LogP contribution in [0.25, 0.3) is 11.3 Å². The maximum atomic E-state index is 14.5. The number of ether oxygens (including phenoxy) is 1. The van der Waals surface area contributed by atoms with Gasteiger partial charge < -0.3 is 9.64 Å². The van der Waals surface area contributed by atoms with E-state index in [4.69, 9.17) is 9.72 Å². The standard InChI is InChI=1S/C19H22F2N2OS/c1-19(2,3)16-13(6-7-14(20)17(16)21)15-10-25-18(22-15)23-8-11-4-5-12(9-23)24-11/h6-7,10-12H,4-5,8-9H2,1-3H3/t11-,12+. The van der Waals surface area contributed by atoms with Crippen molar-refractivity contribution in [1.29, 1.82) is 0 Å². The molecule has 2 saturated heterocycles. The molecule has 1 aromatic carbocycles. The first-order valence-electron chi connectivity index (χ1n) is 8.67. The van der Waals surface area contributed by atoms with Crippen LogP contribution in [-0.2, 0) is 10.2 Å². The first-order valence-corrected chi connectivity index (χ1v) is 9.55. The summed E-state index contributed by atoms with van der Waals surface area (Å²) in [4.78, 5) is 7.01. The van der Waals surface area contributed by atoms with Crippen LogP contribution >= 0.6 is 11.3 Å². The Morgan fingerprint density at radius 2 is 1.84 bits per heavy atom. The molecule has 2 atom stereocenters. The summed E-state index contributed by atoms with van der Waals surface area (Å²) in [6.07, 6.45) is 2.80. The smallest absolute Gasteiger partial charge is 0.186 e. The van der Waals surface area contributed by atoms with Gasteiger partial charge in [0.15, 0.2) is 16.8 Å². The van der Waals surface area contributed by atoms with Crippen LogP contribution in [0.2, 0.25) is 0 Å². The van der Waals surface area contributed by atoms with Crippen LogP contribution in [0.4, 0.5) is 13.9 Å². The average molecular weight is 364 g/mol. The lowest BCUT2D eigenvalue weighted by Crippen LogP contribution is -2.42. The molecule has 0 amide bonds. The van der Waals surface area contributed by atoms with Gasteiger partial charge in [-0.2, -0.15) is 0 Å². The minimum absolute atomic E-state index is 0.291. The quantitative estimate of drug-likeness (QED) is 0.769. The second kappa shape index (κ2) is 6.02. The summed E-state index contributed by atoms with van der Waals surface area (Å²) in [6.45, 7) is 7.38. The van der Waals surface area contributed by atoms with E-state index >= 15 is 0 Å². The van der Waals surface area contributed by atoms with Crippen LogP contribution < -0.4 is 4.90 Å². The summed E-state index contributed by atoms with van der Waals surface area (Å²) in [5.41, 5.74) is 1.25. The number of aromatic nitrogens is 1. The number of anilines is 1. The number of rotatable bonds is 2. The van der Waals surface area contributed by atoms with E-state index in [0.29, 0.717) is 29.0 Å². The third kappa shape index (κ3) is 3.06. The number of halogens is 2. The summed E-state index contributed by atoms with van der Waals surface area (Å²) in [7, 11) is 0. The van der Waals surface area contributed by atoms with Crippen LogP contribution in [0.1, 0.15) is 39.2 Å². The molecule has 134 valence electrons. The van der Waals surface area contributed by atoms with Crippen molar-refractivity contribution in [2.45, 2.75) is 51.2 Å². The molecule has 0 radical (unpaired) electrons. The maximum absolute atomic E-state index is 14.5. The predicted octanol–water partition coefficient (Wildman–Crippen LogP) is 4.75. The van der Waals surface area contributed by atoms with Crippen molar-refractivity contribution in [3.05, 3.63) is 34.7 Å². The van der Waals surface area contributed by atoms with Gasteiger partial charge in [-0.1, -0.05) is 20.8 Å². The Labute approximate surface area is 150 Å². The molecule has 0 aliphatic carbocycles. The lowest BCUT2D eigenvalue weighted by Gasteiger charge is -2.31. The van der Waals surface area contributed by atoms with Crippen molar-refractivity contribution in [3.8, 4) is 11.3 Å². The molecular formula is C19H22F2N2OS. The molecule has 0 unspecified atom stereocenters. The summed E-state index contributed by atoms with van der Waals surface area (Å²) in [5.74, 6) is -1.59. The third-order valence-electron chi connectivity index (χ3n) is 4.93. The topological polar surface area (TPSA) is 25.4 Å². The monoisotopic (exact) mass is 364 g/mol. The molecule has 25 heavy (non-hydrogen) atoms. The first kappa shape index (κ1) is 16.9. The Hall–Kier alpha value is -1.53. The molecule has 1 aromatic heterocycles. The molecule has 3 nitrogen and oxygen atoms in total. The van der Waals surface area contributed by atoms with Gasteiger partial charge in [0.2, 0.25) is 0 Å². The Morgan fingerprint density at radius 1 is 1.16 bits per heavy atom. The molecular weight excluding hydrogens is 342 g/mol. The van der Waals surface area contributed by atoms with E-state index in [-0.39, 0.29) is 0 Å². The second-order valence-corrected chi connectivity index (χ2v) is 8.75. The van der Waals surface area contributed by atoms with Crippen molar-refractivity contribution in [2.75, 3.05) is 18.0 Å². The fourth-order valence-corrected chi connectivity index (χ4v) is 4.65. The number of fused-ring (bicyclic) bond motifs is 2. The lowest BCUT2D eigenvalue weighted by atomic mass is 9.82. The fraction of sp³-hybridized carbons (Fsp3) is 0.526. The minimum Gasteiger partial charge on any atom is -0.371 e. The van der Waals surface area contributed by atoms with Crippen molar-refractivity contribution >= 4 is 16.5 Å². The highest BCUT2D eigenvalue weighted by Crippen LogP contribution is 2.38. The van der Waals surface area contributed by atoms with E-state index in [2.05, 4.69) is 4.90 Å². The zero-order valence-corrected chi connectivity index (χ0v) is 15.5. The molecule has 2 fully saturated rings. The number of nitrogens with zero attached hydrogens (tertiary/aromatic N) is 2. The van der Waals surface area contributed by atoms with E-state index in [9.17, 15) is 8.78 Å². The van der Waals surface area contributed by atoms with Crippen LogP contribution in [0, 0.1) is 11.6 Å². The Morgan fingerprint density at radius 3 is 2.48 bits per heavy atom. The molecule has 3 heterocycles. The van der Waals surface area contributed by atoms with Gasteiger partial charge in [-0.25, -0.2) is 13.8 Å². The van der Waals surface area contributed by atoms with E-state index in [1.54, 1.807) is 17.4 Å². The first-order chi connectivity index (χ1) is 11.8. The molecule has 2 aromatic rings.